The third kappa shape index (κ3) is 3.66. The number of nitrogens with zero attached hydrogens (tertiary/aromatic N) is 6. The average Bonchev–Trinajstić information content (AvgIpc) is 3.40. The molecule has 9 nitrogen and oxygen atoms in total. The first-order valence-electron chi connectivity index (χ1n) is 11.3. The minimum atomic E-state index is -0.109. The molecule has 2 aliphatic heterocycles. The Bertz CT molecular complexity index is 1170. The number of nitrogen functional groups attached to an aromatic ring is 1. The van der Waals surface area contributed by atoms with E-state index in [1.54, 1.807) is 6.20 Å². The van der Waals surface area contributed by atoms with Gasteiger partial charge in [0.05, 0.1) is 17.3 Å². The molecule has 2 saturated heterocycles. The molecule has 0 saturated carbocycles. The Hall–Kier alpha value is -3.20. The normalized spacial score (nSPS) is 21.5. The molecule has 5 rings (SSSR count). The van der Waals surface area contributed by atoms with Gasteiger partial charge in [-0.05, 0) is 51.2 Å². The number of anilines is 2. The van der Waals surface area contributed by atoms with E-state index in [1.165, 1.54) is 0 Å². The van der Waals surface area contributed by atoms with Crippen molar-refractivity contribution in [2.45, 2.75) is 51.6 Å². The Morgan fingerprint density at radius 1 is 1.16 bits per heavy atom. The maximum absolute atomic E-state index is 13.4. The molecule has 0 unspecified atom stereocenters. The van der Waals surface area contributed by atoms with Crippen molar-refractivity contribution >= 4 is 23.2 Å². The summed E-state index contributed by atoms with van der Waals surface area (Å²) in [7, 11) is 0. The van der Waals surface area contributed by atoms with Gasteiger partial charge in [0.1, 0.15) is 11.6 Å². The van der Waals surface area contributed by atoms with Crippen LogP contribution in [0.2, 0.25) is 0 Å². The Morgan fingerprint density at radius 3 is 2.78 bits per heavy atom. The summed E-state index contributed by atoms with van der Waals surface area (Å²) < 4.78 is 1.82. The van der Waals surface area contributed by atoms with Crippen LogP contribution in [-0.4, -0.2) is 56.1 Å². The zero-order chi connectivity index (χ0) is 22.4. The van der Waals surface area contributed by atoms with Crippen LogP contribution in [-0.2, 0) is 0 Å². The van der Waals surface area contributed by atoms with E-state index in [9.17, 15) is 4.79 Å². The molecule has 0 aromatic carbocycles. The summed E-state index contributed by atoms with van der Waals surface area (Å²) >= 11 is 0. The molecule has 32 heavy (non-hydrogen) atoms. The van der Waals surface area contributed by atoms with Gasteiger partial charge in [-0.15, -0.1) is 0 Å². The van der Waals surface area contributed by atoms with Gasteiger partial charge in [0.15, 0.2) is 5.65 Å². The van der Waals surface area contributed by atoms with Gasteiger partial charge in [0.2, 0.25) is 0 Å². The first-order chi connectivity index (χ1) is 15.4. The zero-order valence-corrected chi connectivity index (χ0v) is 18.7. The number of rotatable bonds is 3. The summed E-state index contributed by atoms with van der Waals surface area (Å²) in [5.41, 5.74) is 16.2. The topological polar surface area (TPSA) is 119 Å². The van der Waals surface area contributed by atoms with Crippen molar-refractivity contribution in [3.05, 3.63) is 46.9 Å². The highest BCUT2D eigenvalue weighted by Crippen LogP contribution is 2.33. The van der Waals surface area contributed by atoms with E-state index in [4.69, 9.17) is 21.5 Å². The first kappa shape index (κ1) is 20.7. The third-order valence-corrected chi connectivity index (χ3v) is 6.54. The molecular weight excluding hydrogens is 404 g/mol. The van der Waals surface area contributed by atoms with Gasteiger partial charge >= 0.3 is 0 Å². The molecular formula is C23H30N8O. The van der Waals surface area contributed by atoms with E-state index >= 15 is 0 Å². The minimum Gasteiger partial charge on any atom is -0.383 e. The largest absolute Gasteiger partial charge is 0.383 e. The molecule has 0 spiro atoms. The third-order valence-electron chi connectivity index (χ3n) is 6.54. The molecule has 2 aliphatic rings. The maximum atomic E-state index is 13.4. The molecule has 0 radical (unpaired) electrons. The fourth-order valence-corrected chi connectivity index (χ4v) is 4.87. The lowest BCUT2D eigenvalue weighted by atomic mass is 9.98. The van der Waals surface area contributed by atoms with E-state index < -0.39 is 0 Å². The van der Waals surface area contributed by atoms with E-state index in [2.05, 4.69) is 16.8 Å². The van der Waals surface area contributed by atoms with Crippen molar-refractivity contribution in [3.8, 4) is 0 Å². The second-order valence-electron chi connectivity index (χ2n) is 9.07. The SMILES string of the molecule is Cc1cnc(N)c(C(=O)N2CCCC[C@@H]2c2cc3nc(N4CC[C@H](N)C4)c(C)cn3n2)c1. The number of aryl methyl sites for hydroxylation is 2. The van der Waals surface area contributed by atoms with Crippen LogP contribution in [0.4, 0.5) is 11.6 Å². The smallest absolute Gasteiger partial charge is 0.258 e. The van der Waals surface area contributed by atoms with Crippen molar-refractivity contribution in [2.24, 2.45) is 5.73 Å². The second kappa shape index (κ2) is 8.05. The van der Waals surface area contributed by atoms with Crippen LogP contribution >= 0.6 is 0 Å². The molecule has 168 valence electrons. The van der Waals surface area contributed by atoms with Crippen molar-refractivity contribution in [2.75, 3.05) is 30.3 Å². The van der Waals surface area contributed by atoms with Crippen molar-refractivity contribution in [3.63, 3.8) is 0 Å². The molecule has 3 aromatic rings. The number of carbonyl (C=O) groups is 1. The number of amides is 1. The standard InChI is InChI=1S/C23H30N8O/c1-14-9-17(21(25)26-11-14)23(32)30-7-4-3-5-19(30)18-10-20-27-22(15(2)12-31(20)28-18)29-8-6-16(24)13-29/h9-12,16,19H,3-8,13,24H2,1-2H3,(H2,25,26)/t16-,19+/m0/s1. The Labute approximate surface area is 187 Å². The predicted molar refractivity (Wildman–Crippen MR) is 124 cm³/mol. The van der Waals surface area contributed by atoms with E-state index in [1.807, 2.05) is 34.7 Å². The van der Waals surface area contributed by atoms with Crippen LogP contribution in [0.1, 0.15) is 58.9 Å². The predicted octanol–water partition coefficient (Wildman–Crippen LogP) is 2.23. The summed E-state index contributed by atoms with van der Waals surface area (Å²) in [4.78, 5) is 26.6. The number of hydrogen-bond donors (Lipinski definition) is 2. The summed E-state index contributed by atoms with van der Waals surface area (Å²) in [6, 6.07) is 3.91. The highest BCUT2D eigenvalue weighted by molar-refractivity contribution is 5.98. The van der Waals surface area contributed by atoms with Crippen molar-refractivity contribution in [1.82, 2.24) is 24.5 Å². The highest BCUT2D eigenvalue weighted by Gasteiger charge is 2.32. The van der Waals surface area contributed by atoms with Crippen LogP contribution in [0.5, 0.6) is 0 Å². The van der Waals surface area contributed by atoms with Gasteiger partial charge in [-0.25, -0.2) is 14.5 Å². The van der Waals surface area contributed by atoms with E-state index in [0.717, 1.165) is 67.1 Å². The molecule has 2 atom stereocenters. The Morgan fingerprint density at radius 2 is 2.00 bits per heavy atom. The zero-order valence-electron chi connectivity index (χ0n) is 18.7. The number of pyridine rings is 1. The number of nitrogens with two attached hydrogens (primary N) is 2. The lowest BCUT2D eigenvalue weighted by Gasteiger charge is -2.35. The van der Waals surface area contributed by atoms with Gasteiger partial charge in [-0.3, -0.25) is 4.79 Å². The van der Waals surface area contributed by atoms with Gasteiger partial charge in [-0.2, -0.15) is 5.10 Å². The van der Waals surface area contributed by atoms with Gasteiger partial charge < -0.3 is 21.3 Å². The summed E-state index contributed by atoms with van der Waals surface area (Å²) in [6.45, 7) is 6.38. The summed E-state index contributed by atoms with van der Waals surface area (Å²) in [5.74, 6) is 1.15. The van der Waals surface area contributed by atoms with Crippen LogP contribution in [0.3, 0.4) is 0 Å². The van der Waals surface area contributed by atoms with Gasteiger partial charge in [-0.1, -0.05) is 0 Å². The molecule has 1 amide bonds. The Kier molecular flexibility index (Phi) is 5.21. The maximum Gasteiger partial charge on any atom is 0.258 e. The van der Waals surface area contributed by atoms with Crippen LogP contribution < -0.4 is 16.4 Å². The number of likely N-dealkylation sites (tertiary alicyclic amines) is 1. The monoisotopic (exact) mass is 434 g/mol. The fraction of sp³-hybridized carbons (Fsp3) is 0.478. The van der Waals surface area contributed by atoms with E-state index in [0.29, 0.717) is 12.1 Å². The minimum absolute atomic E-state index is 0.0867. The lowest BCUT2D eigenvalue weighted by molar-refractivity contribution is 0.0606. The van der Waals surface area contributed by atoms with Crippen LogP contribution in [0, 0.1) is 13.8 Å². The highest BCUT2D eigenvalue weighted by atomic mass is 16.2. The van der Waals surface area contributed by atoms with Crippen LogP contribution in [0.25, 0.3) is 5.65 Å². The lowest BCUT2D eigenvalue weighted by Crippen LogP contribution is -2.39. The summed E-state index contributed by atoms with van der Waals surface area (Å²) in [5, 5.41) is 4.82. The molecule has 3 aromatic heterocycles. The quantitative estimate of drug-likeness (QED) is 0.649. The molecule has 9 heteroatoms. The Balaban J connectivity index is 1.48. The molecule has 0 bridgehead atoms. The van der Waals surface area contributed by atoms with Crippen LogP contribution in [0.15, 0.2) is 24.5 Å². The number of aromatic nitrogens is 4. The van der Waals surface area contributed by atoms with Crippen molar-refractivity contribution < 1.29 is 4.79 Å². The first-order valence-corrected chi connectivity index (χ1v) is 11.3. The number of hydrogen-bond acceptors (Lipinski definition) is 7. The molecule has 5 heterocycles. The molecule has 2 fully saturated rings. The molecule has 4 N–H and O–H groups in total. The number of carbonyl (C=O) groups excluding carboxylic acids is 1. The van der Waals surface area contributed by atoms with Gasteiger partial charge in [0, 0.05) is 49.7 Å². The fourth-order valence-electron chi connectivity index (χ4n) is 4.87. The van der Waals surface area contributed by atoms with Crippen molar-refractivity contribution in [1.29, 1.82) is 0 Å². The summed E-state index contributed by atoms with van der Waals surface area (Å²) in [6.07, 6.45) is 7.55. The van der Waals surface area contributed by atoms with Gasteiger partial charge in [0.25, 0.3) is 5.91 Å². The number of fused-ring (bicyclic) bond motifs is 1. The number of piperidine rings is 1. The molecule has 0 aliphatic carbocycles. The van der Waals surface area contributed by atoms with E-state index in [-0.39, 0.29) is 23.8 Å². The second-order valence-corrected chi connectivity index (χ2v) is 9.07. The average molecular weight is 435 g/mol.